The molecule has 0 fully saturated rings. The predicted molar refractivity (Wildman–Crippen MR) is 87.3 cm³/mol. The van der Waals surface area contributed by atoms with Crippen LogP contribution in [0.3, 0.4) is 0 Å². The number of hydrogen-bond acceptors (Lipinski definition) is 3. The molecule has 0 aliphatic heterocycles. The molecule has 0 heterocycles. The number of halogens is 2. The molecular weight excluding hydrogens is 354 g/mol. The number of methoxy groups -OCH3 is 1. The molecule has 2 aromatic carbocycles. The molecular formula is C16H11BrClNO2. The van der Waals surface area contributed by atoms with E-state index in [9.17, 15) is 10.4 Å². The van der Waals surface area contributed by atoms with Gasteiger partial charge < -0.3 is 9.84 Å². The van der Waals surface area contributed by atoms with Crippen LogP contribution in [-0.4, -0.2) is 12.2 Å². The minimum absolute atomic E-state index is 0.0338. The first-order valence-corrected chi connectivity index (χ1v) is 7.16. The number of ether oxygens (including phenoxy) is 1. The number of benzene rings is 2. The van der Waals surface area contributed by atoms with E-state index in [1.165, 1.54) is 13.2 Å². The van der Waals surface area contributed by atoms with Crippen molar-refractivity contribution in [2.24, 2.45) is 0 Å². The third-order valence-corrected chi connectivity index (χ3v) is 3.81. The standard InChI is InChI=1S/C16H11BrClNO2/c1-21-16-7-11(14(17)8-15(16)20)6-12(9-19)10-2-4-13(18)5-3-10/h2-8,20H,1H3/b12-6+. The number of nitriles is 1. The lowest BCUT2D eigenvalue weighted by Crippen LogP contribution is -1.87. The Hall–Kier alpha value is -1.96. The van der Waals surface area contributed by atoms with Crippen molar-refractivity contribution in [3.05, 3.63) is 57.0 Å². The summed E-state index contributed by atoms with van der Waals surface area (Å²) in [6.45, 7) is 0. The molecule has 2 aromatic rings. The third-order valence-electron chi connectivity index (χ3n) is 2.87. The van der Waals surface area contributed by atoms with Crippen molar-refractivity contribution in [1.29, 1.82) is 5.26 Å². The Morgan fingerprint density at radius 2 is 2.00 bits per heavy atom. The molecule has 0 unspecified atom stereocenters. The minimum Gasteiger partial charge on any atom is -0.504 e. The van der Waals surface area contributed by atoms with Gasteiger partial charge in [-0.15, -0.1) is 0 Å². The number of phenolic OH excluding ortho intramolecular Hbond substituents is 1. The highest BCUT2D eigenvalue weighted by Gasteiger charge is 2.08. The Balaban J connectivity index is 2.50. The molecule has 0 bridgehead atoms. The molecule has 3 nitrogen and oxygen atoms in total. The van der Waals surface area contributed by atoms with Gasteiger partial charge in [0.2, 0.25) is 0 Å². The minimum atomic E-state index is 0.0338. The average Bonchev–Trinajstić information content (AvgIpc) is 2.48. The zero-order chi connectivity index (χ0) is 15.4. The van der Waals surface area contributed by atoms with E-state index in [0.29, 0.717) is 20.8 Å². The summed E-state index contributed by atoms with van der Waals surface area (Å²) < 4.78 is 5.75. The number of allylic oxidation sites excluding steroid dienone is 1. The van der Waals surface area contributed by atoms with Crippen molar-refractivity contribution in [1.82, 2.24) is 0 Å². The fourth-order valence-corrected chi connectivity index (χ4v) is 2.37. The molecule has 0 aromatic heterocycles. The maximum absolute atomic E-state index is 9.70. The molecule has 5 heteroatoms. The second kappa shape index (κ2) is 6.66. The topological polar surface area (TPSA) is 53.2 Å². The number of rotatable bonds is 3. The second-order valence-corrected chi connectivity index (χ2v) is 5.51. The van der Waals surface area contributed by atoms with Gasteiger partial charge in [-0.25, -0.2) is 0 Å². The van der Waals surface area contributed by atoms with Crippen LogP contribution in [-0.2, 0) is 0 Å². The largest absolute Gasteiger partial charge is 0.504 e. The van der Waals surface area contributed by atoms with E-state index in [1.807, 2.05) is 0 Å². The summed E-state index contributed by atoms with van der Waals surface area (Å²) in [4.78, 5) is 0. The summed E-state index contributed by atoms with van der Waals surface area (Å²) in [5.74, 6) is 0.379. The first kappa shape index (κ1) is 15.4. The molecule has 1 N–H and O–H groups in total. The Morgan fingerprint density at radius 3 is 2.57 bits per heavy atom. The fraction of sp³-hybridized carbons (Fsp3) is 0.0625. The van der Waals surface area contributed by atoms with Crippen LogP contribution in [0.1, 0.15) is 11.1 Å². The average molecular weight is 365 g/mol. The smallest absolute Gasteiger partial charge is 0.161 e. The lowest BCUT2D eigenvalue weighted by molar-refractivity contribution is 0.373. The molecule has 21 heavy (non-hydrogen) atoms. The molecule has 106 valence electrons. The van der Waals surface area contributed by atoms with E-state index in [-0.39, 0.29) is 5.75 Å². The first-order chi connectivity index (χ1) is 10.0. The van der Waals surface area contributed by atoms with Crippen molar-refractivity contribution >= 4 is 39.2 Å². The number of phenols is 1. The summed E-state index contributed by atoms with van der Waals surface area (Å²) >= 11 is 9.21. The molecule has 0 saturated carbocycles. The van der Waals surface area contributed by atoms with Gasteiger partial charge in [0.1, 0.15) is 0 Å². The molecule has 0 spiro atoms. The Kier molecular flexibility index (Phi) is 4.89. The zero-order valence-corrected chi connectivity index (χ0v) is 13.4. The summed E-state index contributed by atoms with van der Waals surface area (Å²) in [6, 6.07) is 12.4. The summed E-state index contributed by atoms with van der Waals surface area (Å²) in [5.41, 5.74) is 1.98. The van der Waals surface area contributed by atoms with Crippen LogP contribution < -0.4 is 4.74 Å². The highest BCUT2D eigenvalue weighted by molar-refractivity contribution is 9.10. The lowest BCUT2D eigenvalue weighted by Gasteiger charge is -2.07. The molecule has 0 saturated heterocycles. The number of hydrogen-bond donors (Lipinski definition) is 1. The van der Waals surface area contributed by atoms with E-state index in [2.05, 4.69) is 22.0 Å². The van der Waals surface area contributed by atoms with Crippen molar-refractivity contribution < 1.29 is 9.84 Å². The Morgan fingerprint density at radius 1 is 1.33 bits per heavy atom. The highest BCUT2D eigenvalue weighted by Crippen LogP contribution is 2.34. The maximum atomic E-state index is 9.70. The van der Waals surface area contributed by atoms with Crippen LogP contribution in [0.4, 0.5) is 0 Å². The molecule has 2 rings (SSSR count). The van der Waals surface area contributed by atoms with Gasteiger partial charge in [0.25, 0.3) is 0 Å². The van der Waals surface area contributed by atoms with Crippen LogP contribution in [0.5, 0.6) is 11.5 Å². The second-order valence-electron chi connectivity index (χ2n) is 4.22. The predicted octanol–water partition coefficient (Wildman–Crippen LogP) is 4.88. The van der Waals surface area contributed by atoms with Gasteiger partial charge in [-0.3, -0.25) is 0 Å². The van der Waals surface area contributed by atoms with E-state index < -0.39 is 0 Å². The van der Waals surface area contributed by atoms with Crippen LogP contribution in [0.2, 0.25) is 5.02 Å². The molecule has 0 radical (unpaired) electrons. The van der Waals surface area contributed by atoms with Crippen LogP contribution >= 0.6 is 27.5 Å². The highest BCUT2D eigenvalue weighted by atomic mass is 79.9. The van der Waals surface area contributed by atoms with Gasteiger partial charge >= 0.3 is 0 Å². The van der Waals surface area contributed by atoms with E-state index >= 15 is 0 Å². The van der Waals surface area contributed by atoms with Gasteiger partial charge in [-0.1, -0.05) is 39.7 Å². The zero-order valence-electron chi connectivity index (χ0n) is 11.1. The fourth-order valence-electron chi connectivity index (χ4n) is 1.80. The van der Waals surface area contributed by atoms with E-state index in [0.717, 1.165) is 11.1 Å². The van der Waals surface area contributed by atoms with Gasteiger partial charge in [0.15, 0.2) is 11.5 Å². The number of nitrogens with zero attached hydrogens (tertiary/aromatic N) is 1. The SMILES string of the molecule is COc1cc(/C=C(\C#N)c2ccc(Cl)cc2)c(Br)cc1O. The number of aromatic hydroxyl groups is 1. The van der Waals surface area contributed by atoms with Crippen molar-refractivity contribution in [2.45, 2.75) is 0 Å². The van der Waals surface area contributed by atoms with Crippen LogP contribution in [0.25, 0.3) is 11.6 Å². The van der Waals surface area contributed by atoms with Gasteiger partial charge in [0, 0.05) is 9.50 Å². The van der Waals surface area contributed by atoms with E-state index in [4.69, 9.17) is 16.3 Å². The lowest BCUT2D eigenvalue weighted by atomic mass is 10.0. The Bertz CT molecular complexity index is 733. The normalized spacial score (nSPS) is 11.0. The van der Waals surface area contributed by atoms with E-state index in [1.54, 1.807) is 36.4 Å². The van der Waals surface area contributed by atoms with Crippen LogP contribution in [0, 0.1) is 11.3 Å². The van der Waals surface area contributed by atoms with Crippen molar-refractivity contribution in [2.75, 3.05) is 7.11 Å². The molecule has 0 amide bonds. The first-order valence-electron chi connectivity index (χ1n) is 5.99. The van der Waals surface area contributed by atoms with Crippen molar-refractivity contribution in [3.63, 3.8) is 0 Å². The summed E-state index contributed by atoms with van der Waals surface area (Å²) in [5, 5.41) is 19.6. The Labute approximate surface area is 136 Å². The maximum Gasteiger partial charge on any atom is 0.161 e. The van der Waals surface area contributed by atoms with Crippen molar-refractivity contribution in [3.8, 4) is 17.6 Å². The summed E-state index contributed by atoms with van der Waals surface area (Å²) in [7, 11) is 1.47. The van der Waals surface area contributed by atoms with Gasteiger partial charge in [-0.2, -0.15) is 5.26 Å². The molecule has 0 aliphatic rings. The van der Waals surface area contributed by atoms with Gasteiger partial charge in [0.05, 0.1) is 18.8 Å². The summed E-state index contributed by atoms with van der Waals surface area (Å²) in [6.07, 6.45) is 1.72. The quantitative estimate of drug-likeness (QED) is 0.624. The monoisotopic (exact) mass is 363 g/mol. The van der Waals surface area contributed by atoms with Gasteiger partial charge in [-0.05, 0) is 41.5 Å². The molecule has 0 atom stereocenters. The van der Waals surface area contributed by atoms with Crippen LogP contribution in [0.15, 0.2) is 40.9 Å². The molecule has 0 aliphatic carbocycles. The third kappa shape index (κ3) is 3.57.